The van der Waals surface area contributed by atoms with Gasteiger partial charge in [-0.15, -0.1) is 0 Å². The lowest BCUT2D eigenvalue weighted by Crippen LogP contribution is -2.43. The predicted molar refractivity (Wildman–Crippen MR) is 61.6 cm³/mol. The van der Waals surface area contributed by atoms with Gasteiger partial charge in [-0.05, 0) is 25.7 Å². The third-order valence-corrected chi connectivity index (χ3v) is 3.78. The third-order valence-electron chi connectivity index (χ3n) is 3.78. The van der Waals surface area contributed by atoms with Gasteiger partial charge in [0.2, 0.25) is 0 Å². The quantitative estimate of drug-likeness (QED) is 0.503. The molecule has 16 heavy (non-hydrogen) atoms. The Hall–Kier alpha value is -1.12. The number of nitrogens with zero attached hydrogens (tertiary/aromatic N) is 1. The van der Waals surface area contributed by atoms with E-state index in [1.807, 2.05) is 0 Å². The van der Waals surface area contributed by atoms with Crippen molar-refractivity contribution in [1.82, 2.24) is 4.90 Å². The van der Waals surface area contributed by atoms with Crippen molar-refractivity contribution < 1.29 is 9.59 Å². The van der Waals surface area contributed by atoms with Gasteiger partial charge in [-0.2, -0.15) is 0 Å². The first-order valence-electron chi connectivity index (χ1n) is 6.17. The summed E-state index contributed by atoms with van der Waals surface area (Å²) < 4.78 is 0. The fraction of sp³-hybridized carbons (Fsp3) is 0.692. The van der Waals surface area contributed by atoms with Crippen LogP contribution in [0.25, 0.3) is 0 Å². The Morgan fingerprint density at radius 2 is 1.88 bits per heavy atom. The molecule has 3 nitrogen and oxygen atoms in total. The first kappa shape index (κ1) is 11.4. The molecule has 3 heteroatoms. The summed E-state index contributed by atoms with van der Waals surface area (Å²) in [6.45, 7) is 3.88. The lowest BCUT2D eigenvalue weighted by molar-refractivity contribution is -0.141. The summed E-state index contributed by atoms with van der Waals surface area (Å²) in [5.41, 5.74) is 0.585. The molecule has 2 unspecified atom stereocenters. The molecular weight excluding hydrogens is 202 g/mol. The molecule has 0 N–H and O–H groups in total. The Morgan fingerprint density at radius 3 is 2.50 bits per heavy atom. The highest BCUT2D eigenvalue weighted by atomic mass is 16.2. The molecule has 0 spiro atoms. The van der Waals surface area contributed by atoms with Gasteiger partial charge in [-0.1, -0.05) is 26.2 Å². The molecule has 0 aromatic heterocycles. The summed E-state index contributed by atoms with van der Waals surface area (Å²) in [7, 11) is 0. The summed E-state index contributed by atoms with van der Waals surface area (Å²) in [5, 5.41) is 0. The van der Waals surface area contributed by atoms with Gasteiger partial charge in [0.25, 0.3) is 11.8 Å². The molecule has 0 saturated heterocycles. The molecule has 1 aliphatic carbocycles. The van der Waals surface area contributed by atoms with Crippen LogP contribution in [0.2, 0.25) is 0 Å². The second kappa shape index (κ2) is 4.40. The van der Waals surface area contributed by atoms with E-state index in [9.17, 15) is 9.59 Å². The van der Waals surface area contributed by atoms with E-state index >= 15 is 0 Å². The maximum Gasteiger partial charge on any atom is 0.256 e. The standard InChI is InChI=1S/C13H19NO2/c1-9-6-4-3-5-7-11(9)14-12(15)8-10(2)13(14)16/h8-9,11H,3-7H2,1-2H3. The number of carbonyl (C=O) groups is 2. The number of amides is 2. The van der Waals surface area contributed by atoms with Crippen LogP contribution in [0.5, 0.6) is 0 Å². The van der Waals surface area contributed by atoms with E-state index in [1.54, 1.807) is 6.92 Å². The molecule has 88 valence electrons. The largest absolute Gasteiger partial charge is 0.272 e. The molecule has 2 rings (SSSR count). The van der Waals surface area contributed by atoms with E-state index < -0.39 is 0 Å². The van der Waals surface area contributed by atoms with E-state index in [-0.39, 0.29) is 17.9 Å². The van der Waals surface area contributed by atoms with Crippen LogP contribution in [0.15, 0.2) is 11.6 Å². The molecule has 1 fully saturated rings. The average molecular weight is 221 g/mol. The highest BCUT2D eigenvalue weighted by molar-refractivity contribution is 6.16. The van der Waals surface area contributed by atoms with E-state index in [4.69, 9.17) is 0 Å². The van der Waals surface area contributed by atoms with Crippen LogP contribution in [0.3, 0.4) is 0 Å². The van der Waals surface area contributed by atoms with Crippen LogP contribution in [-0.4, -0.2) is 22.8 Å². The van der Waals surface area contributed by atoms with Gasteiger partial charge < -0.3 is 0 Å². The first-order chi connectivity index (χ1) is 7.61. The van der Waals surface area contributed by atoms with Crippen molar-refractivity contribution in [1.29, 1.82) is 0 Å². The van der Waals surface area contributed by atoms with E-state index in [2.05, 4.69) is 6.92 Å². The minimum absolute atomic E-state index is 0.0799. The van der Waals surface area contributed by atoms with Gasteiger partial charge in [0.05, 0.1) is 0 Å². The lowest BCUT2D eigenvalue weighted by atomic mass is 9.95. The molecule has 0 aromatic rings. The Labute approximate surface area is 96.5 Å². The molecule has 0 bridgehead atoms. The zero-order chi connectivity index (χ0) is 11.7. The van der Waals surface area contributed by atoms with Crippen molar-refractivity contribution in [3.05, 3.63) is 11.6 Å². The van der Waals surface area contributed by atoms with Crippen LogP contribution >= 0.6 is 0 Å². The van der Waals surface area contributed by atoms with Gasteiger partial charge in [-0.3, -0.25) is 14.5 Å². The van der Waals surface area contributed by atoms with E-state index in [0.29, 0.717) is 11.5 Å². The molecule has 2 aliphatic rings. The lowest BCUT2D eigenvalue weighted by Gasteiger charge is -2.30. The number of imide groups is 1. The Morgan fingerprint density at radius 1 is 1.19 bits per heavy atom. The number of rotatable bonds is 1. The summed E-state index contributed by atoms with van der Waals surface area (Å²) in [4.78, 5) is 25.2. The zero-order valence-corrected chi connectivity index (χ0v) is 10.0. The third kappa shape index (κ3) is 1.91. The SMILES string of the molecule is CC1=CC(=O)N(C2CCCCCC2C)C1=O. The monoisotopic (exact) mass is 221 g/mol. The normalized spacial score (nSPS) is 31.6. The average Bonchev–Trinajstić information content (AvgIpc) is 2.43. The molecule has 2 amide bonds. The first-order valence-corrected chi connectivity index (χ1v) is 6.17. The second-order valence-corrected chi connectivity index (χ2v) is 5.02. The predicted octanol–water partition coefficient (Wildman–Crippen LogP) is 2.27. The van der Waals surface area contributed by atoms with Crippen molar-refractivity contribution in [3.8, 4) is 0 Å². The number of hydrogen-bond acceptors (Lipinski definition) is 2. The second-order valence-electron chi connectivity index (χ2n) is 5.02. The number of carbonyl (C=O) groups excluding carboxylic acids is 2. The minimum Gasteiger partial charge on any atom is -0.272 e. The molecule has 0 aromatic carbocycles. The number of hydrogen-bond donors (Lipinski definition) is 0. The van der Waals surface area contributed by atoms with E-state index in [0.717, 1.165) is 19.3 Å². The van der Waals surface area contributed by atoms with Crippen LogP contribution in [0.1, 0.15) is 46.0 Å². The van der Waals surface area contributed by atoms with Crippen LogP contribution in [0.4, 0.5) is 0 Å². The van der Waals surface area contributed by atoms with Gasteiger partial charge in [0.1, 0.15) is 0 Å². The van der Waals surface area contributed by atoms with Crippen molar-refractivity contribution >= 4 is 11.8 Å². The van der Waals surface area contributed by atoms with Gasteiger partial charge >= 0.3 is 0 Å². The van der Waals surface area contributed by atoms with Crippen molar-refractivity contribution in [2.75, 3.05) is 0 Å². The van der Waals surface area contributed by atoms with Crippen LogP contribution in [0, 0.1) is 5.92 Å². The maximum atomic E-state index is 11.9. The maximum absolute atomic E-state index is 11.9. The molecule has 0 radical (unpaired) electrons. The summed E-state index contributed by atoms with van der Waals surface area (Å²) >= 11 is 0. The van der Waals surface area contributed by atoms with Crippen molar-refractivity contribution in [3.63, 3.8) is 0 Å². The Balaban J connectivity index is 2.17. The van der Waals surface area contributed by atoms with E-state index in [1.165, 1.54) is 23.8 Å². The highest BCUT2D eigenvalue weighted by Gasteiger charge is 2.37. The van der Waals surface area contributed by atoms with Gasteiger partial charge in [-0.25, -0.2) is 0 Å². The minimum atomic E-state index is -0.110. The summed E-state index contributed by atoms with van der Waals surface area (Å²) in [6, 6.07) is 0.121. The molecule has 2 atom stereocenters. The summed E-state index contributed by atoms with van der Waals surface area (Å²) in [6.07, 6.45) is 7.15. The van der Waals surface area contributed by atoms with Gasteiger partial charge in [0.15, 0.2) is 0 Å². The molecule has 1 saturated carbocycles. The van der Waals surface area contributed by atoms with Crippen molar-refractivity contribution in [2.45, 2.75) is 52.0 Å². The van der Waals surface area contributed by atoms with Crippen LogP contribution in [-0.2, 0) is 9.59 Å². The summed E-state index contributed by atoms with van der Waals surface area (Å²) in [5.74, 6) is 0.250. The highest BCUT2D eigenvalue weighted by Crippen LogP contribution is 2.30. The Bertz CT molecular complexity index is 346. The fourth-order valence-corrected chi connectivity index (χ4v) is 2.78. The fourth-order valence-electron chi connectivity index (χ4n) is 2.78. The Kier molecular flexibility index (Phi) is 3.13. The molecular formula is C13H19NO2. The van der Waals surface area contributed by atoms with Crippen molar-refractivity contribution in [2.24, 2.45) is 5.92 Å². The zero-order valence-electron chi connectivity index (χ0n) is 10.0. The van der Waals surface area contributed by atoms with Crippen LogP contribution < -0.4 is 0 Å². The molecule has 1 aliphatic heterocycles. The molecule has 1 heterocycles. The smallest absolute Gasteiger partial charge is 0.256 e. The topological polar surface area (TPSA) is 37.4 Å². The van der Waals surface area contributed by atoms with Gasteiger partial charge in [0, 0.05) is 17.7 Å².